The zero-order valence-corrected chi connectivity index (χ0v) is 13.6. The molecule has 7 nitrogen and oxygen atoms in total. The number of aromatic nitrogens is 4. The van der Waals surface area contributed by atoms with E-state index in [2.05, 4.69) is 25.1 Å². The molecule has 0 fully saturated rings. The minimum absolute atomic E-state index is 0.0843. The summed E-state index contributed by atoms with van der Waals surface area (Å²) in [5.74, 6) is -0.394. The highest BCUT2D eigenvalue weighted by Gasteiger charge is 2.31. The van der Waals surface area contributed by atoms with E-state index in [1.54, 1.807) is 24.3 Å². The van der Waals surface area contributed by atoms with Crippen molar-refractivity contribution in [2.24, 2.45) is 0 Å². The molecule has 3 N–H and O–H groups in total. The molecular weight excluding hydrogens is 373 g/mol. The second kappa shape index (κ2) is 7.32. The van der Waals surface area contributed by atoms with Crippen molar-refractivity contribution in [3.8, 4) is 17.0 Å². The number of hydrogen-bond donors (Lipinski definition) is 3. The van der Waals surface area contributed by atoms with E-state index in [-0.39, 0.29) is 5.69 Å². The third-order valence-electron chi connectivity index (χ3n) is 3.13. The highest BCUT2D eigenvalue weighted by Crippen LogP contribution is 2.31. The van der Waals surface area contributed by atoms with E-state index in [0.717, 1.165) is 11.1 Å². The van der Waals surface area contributed by atoms with Crippen LogP contribution in [-0.2, 0) is 0 Å². The fraction of sp³-hybridized carbons (Fsp3) is 0.133. The lowest BCUT2D eigenvalue weighted by Gasteiger charge is -2.09. The monoisotopic (exact) mass is 384 g/mol. The highest BCUT2D eigenvalue weighted by atomic mass is 32.2. The zero-order chi connectivity index (χ0) is 18.7. The fourth-order valence-electron chi connectivity index (χ4n) is 2.02. The molecule has 0 atom stereocenters. The van der Waals surface area contributed by atoms with Gasteiger partial charge >= 0.3 is 6.36 Å². The number of nitrogens with zero attached hydrogens (tertiary/aromatic N) is 3. The van der Waals surface area contributed by atoms with E-state index >= 15 is 0 Å². The van der Waals surface area contributed by atoms with Gasteiger partial charge in [0.2, 0.25) is 0 Å². The minimum atomic E-state index is -4.76. The molecule has 3 rings (SSSR count). The Labute approximate surface area is 148 Å². The molecule has 0 radical (unpaired) electrons. The predicted molar refractivity (Wildman–Crippen MR) is 84.0 cm³/mol. The summed E-state index contributed by atoms with van der Waals surface area (Å²) >= 11 is 1.17. The first-order valence-electron chi connectivity index (χ1n) is 7.09. The quantitative estimate of drug-likeness (QED) is 0.581. The Kier molecular flexibility index (Phi) is 5.11. The standard InChI is InChI=1S/C15H11F3N4O3S/c16-15(17,18)25-9-3-6-11(19-7-9)8-1-4-10(5-2-8)26-13-12(14(23)24)20-22-21-13/h1-7,14,23-24H,(H,20,21,22). The van der Waals surface area contributed by atoms with Crippen molar-refractivity contribution in [3.05, 3.63) is 48.3 Å². The van der Waals surface area contributed by atoms with Crippen molar-refractivity contribution in [2.75, 3.05) is 0 Å². The van der Waals surface area contributed by atoms with Crippen LogP contribution in [0.5, 0.6) is 5.75 Å². The average molecular weight is 384 g/mol. The van der Waals surface area contributed by atoms with Crippen LogP contribution in [0.3, 0.4) is 0 Å². The molecule has 0 saturated carbocycles. The topological polar surface area (TPSA) is 104 Å². The lowest BCUT2D eigenvalue weighted by Crippen LogP contribution is -2.17. The van der Waals surface area contributed by atoms with Crippen LogP contribution < -0.4 is 4.74 Å². The third kappa shape index (κ3) is 4.50. The number of aromatic amines is 1. The summed E-state index contributed by atoms with van der Waals surface area (Å²) in [6.45, 7) is 0. The van der Waals surface area contributed by atoms with Crippen LogP contribution in [-0.4, -0.2) is 37.0 Å². The van der Waals surface area contributed by atoms with E-state index in [1.807, 2.05) is 0 Å². The number of nitrogens with one attached hydrogen (secondary N) is 1. The summed E-state index contributed by atoms with van der Waals surface area (Å²) in [5, 5.41) is 28.4. The van der Waals surface area contributed by atoms with Gasteiger partial charge in [0.25, 0.3) is 0 Å². The Balaban J connectivity index is 1.72. The van der Waals surface area contributed by atoms with Crippen molar-refractivity contribution < 1.29 is 28.1 Å². The highest BCUT2D eigenvalue weighted by molar-refractivity contribution is 7.99. The summed E-state index contributed by atoms with van der Waals surface area (Å²) in [7, 11) is 0. The Morgan fingerprint density at radius 3 is 2.38 bits per heavy atom. The first-order valence-corrected chi connectivity index (χ1v) is 7.90. The van der Waals surface area contributed by atoms with E-state index < -0.39 is 18.4 Å². The number of H-pyrrole nitrogens is 1. The molecule has 11 heteroatoms. The van der Waals surface area contributed by atoms with Gasteiger partial charge in [-0.2, -0.15) is 0 Å². The molecule has 0 aliphatic carbocycles. The van der Waals surface area contributed by atoms with Gasteiger partial charge in [0.05, 0.1) is 11.9 Å². The molecule has 1 aromatic carbocycles. The van der Waals surface area contributed by atoms with Crippen LogP contribution in [0.15, 0.2) is 52.5 Å². The maximum absolute atomic E-state index is 12.1. The van der Waals surface area contributed by atoms with E-state index in [0.29, 0.717) is 16.3 Å². The number of ether oxygens (including phenoxy) is 1. The maximum atomic E-state index is 12.1. The second-order valence-corrected chi connectivity index (χ2v) is 6.02. The van der Waals surface area contributed by atoms with Crippen molar-refractivity contribution in [3.63, 3.8) is 0 Å². The van der Waals surface area contributed by atoms with Crippen LogP contribution >= 0.6 is 11.8 Å². The summed E-state index contributed by atoms with van der Waals surface area (Å²) in [6.07, 6.45) is -5.48. The van der Waals surface area contributed by atoms with Gasteiger partial charge in [0.15, 0.2) is 11.3 Å². The normalized spacial score (nSPS) is 11.8. The lowest BCUT2D eigenvalue weighted by molar-refractivity contribution is -0.274. The summed E-state index contributed by atoms with van der Waals surface area (Å²) < 4.78 is 40.2. The van der Waals surface area contributed by atoms with Crippen molar-refractivity contribution in [1.29, 1.82) is 0 Å². The van der Waals surface area contributed by atoms with Gasteiger partial charge in [-0.15, -0.1) is 18.3 Å². The van der Waals surface area contributed by atoms with E-state index in [9.17, 15) is 23.4 Å². The van der Waals surface area contributed by atoms with Gasteiger partial charge in [0, 0.05) is 10.5 Å². The van der Waals surface area contributed by atoms with E-state index in [1.165, 1.54) is 23.9 Å². The number of pyridine rings is 1. The van der Waals surface area contributed by atoms with Crippen LogP contribution in [0.1, 0.15) is 12.0 Å². The van der Waals surface area contributed by atoms with Crippen LogP contribution in [0.25, 0.3) is 11.3 Å². The molecule has 0 aliphatic rings. The first-order chi connectivity index (χ1) is 12.3. The molecule has 0 spiro atoms. The van der Waals surface area contributed by atoms with Gasteiger partial charge in [-0.25, -0.2) is 0 Å². The van der Waals surface area contributed by atoms with Gasteiger partial charge in [-0.3, -0.25) is 10.1 Å². The smallest absolute Gasteiger partial charge is 0.404 e. The summed E-state index contributed by atoms with van der Waals surface area (Å²) in [4.78, 5) is 4.70. The predicted octanol–water partition coefficient (Wildman–Crippen LogP) is 2.90. The maximum Gasteiger partial charge on any atom is 0.573 e. The van der Waals surface area contributed by atoms with Gasteiger partial charge in [-0.1, -0.05) is 29.1 Å². The molecule has 26 heavy (non-hydrogen) atoms. The number of rotatable bonds is 5. The molecule has 136 valence electrons. The Hall–Kier alpha value is -2.63. The Morgan fingerprint density at radius 2 is 1.81 bits per heavy atom. The third-order valence-corrected chi connectivity index (χ3v) is 4.14. The number of aliphatic hydroxyl groups is 2. The van der Waals surface area contributed by atoms with Crippen molar-refractivity contribution in [1.82, 2.24) is 20.4 Å². The van der Waals surface area contributed by atoms with Crippen LogP contribution in [0.4, 0.5) is 13.2 Å². The minimum Gasteiger partial charge on any atom is -0.404 e. The first kappa shape index (κ1) is 18.2. The van der Waals surface area contributed by atoms with Crippen molar-refractivity contribution in [2.45, 2.75) is 22.6 Å². The largest absolute Gasteiger partial charge is 0.573 e. The average Bonchev–Trinajstić information content (AvgIpc) is 3.03. The molecule has 0 bridgehead atoms. The fourth-order valence-corrected chi connectivity index (χ4v) is 2.86. The second-order valence-electron chi connectivity index (χ2n) is 4.96. The molecule has 0 aliphatic heterocycles. The molecule has 2 heterocycles. The SMILES string of the molecule is OC(O)c1[nH]nnc1Sc1ccc(-c2ccc(OC(F)(F)F)cn2)cc1. The summed E-state index contributed by atoms with van der Waals surface area (Å²) in [5.41, 5.74) is 1.25. The molecule has 0 unspecified atom stereocenters. The number of benzene rings is 1. The van der Waals surface area contributed by atoms with Crippen LogP contribution in [0, 0.1) is 0 Å². The zero-order valence-electron chi connectivity index (χ0n) is 12.8. The van der Waals surface area contributed by atoms with Crippen molar-refractivity contribution >= 4 is 11.8 Å². The van der Waals surface area contributed by atoms with Crippen LogP contribution in [0.2, 0.25) is 0 Å². The van der Waals surface area contributed by atoms with E-state index in [4.69, 9.17) is 0 Å². The lowest BCUT2D eigenvalue weighted by atomic mass is 10.1. The molecule has 0 amide bonds. The van der Waals surface area contributed by atoms with Gasteiger partial charge < -0.3 is 14.9 Å². The number of alkyl halides is 3. The molecule has 2 aromatic heterocycles. The number of aliphatic hydroxyl groups excluding tert-OH is 1. The van der Waals surface area contributed by atoms with Gasteiger partial charge in [0.1, 0.15) is 11.4 Å². The molecular formula is C15H11F3N4O3S. The Morgan fingerprint density at radius 1 is 1.08 bits per heavy atom. The van der Waals surface area contributed by atoms with Gasteiger partial charge in [-0.05, 0) is 24.3 Å². The molecule has 0 saturated heterocycles. The summed E-state index contributed by atoms with van der Waals surface area (Å²) in [6, 6.07) is 9.53. The number of hydrogen-bond acceptors (Lipinski definition) is 7. The Bertz CT molecular complexity index is 867. The number of halogens is 3. The molecule has 3 aromatic rings.